The summed E-state index contributed by atoms with van der Waals surface area (Å²) in [7, 11) is 1.60. The van der Waals surface area contributed by atoms with Crippen LogP contribution in [0.1, 0.15) is 19.2 Å². The molecule has 0 saturated heterocycles. The van der Waals surface area contributed by atoms with Crippen molar-refractivity contribution in [3.8, 4) is 17.1 Å². The quantitative estimate of drug-likeness (QED) is 0.586. The molecular weight excluding hydrogens is 385 g/mol. The number of benzene rings is 2. The van der Waals surface area contributed by atoms with Crippen molar-refractivity contribution in [1.29, 1.82) is 0 Å². The lowest BCUT2D eigenvalue weighted by molar-refractivity contribution is -0.138. The summed E-state index contributed by atoms with van der Waals surface area (Å²) in [5.41, 5.74) is 0.753. The summed E-state index contributed by atoms with van der Waals surface area (Å²) in [5.74, 6) is -0.0967. The number of carbonyl (C=O) groups excluding carboxylic acids is 1. The van der Waals surface area contributed by atoms with Gasteiger partial charge in [-0.2, -0.15) is 4.98 Å². The minimum atomic E-state index is -0.819. The molecule has 6 nitrogen and oxygen atoms in total. The Morgan fingerprint density at radius 3 is 2.64 bits per heavy atom. The summed E-state index contributed by atoms with van der Waals surface area (Å²) in [6, 6.07) is 13.0. The fraction of sp³-hybridized carbons (Fsp3) is 0.250. The molecule has 3 aromatic rings. The van der Waals surface area contributed by atoms with Gasteiger partial charge in [-0.25, -0.2) is 4.39 Å². The van der Waals surface area contributed by atoms with Gasteiger partial charge in [0.1, 0.15) is 0 Å². The number of rotatable bonds is 7. The zero-order valence-electron chi connectivity index (χ0n) is 15.4. The first-order chi connectivity index (χ1) is 13.5. The van der Waals surface area contributed by atoms with E-state index in [0.29, 0.717) is 17.3 Å². The largest absolute Gasteiger partial charge is 0.478 e. The van der Waals surface area contributed by atoms with Gasteiger partial charge in [0.25, 0.3) is 5.91 Å². The molecule has 0 saturated carbocycles. The zero-order chi connectivity index (χ0) is 20.1. The highest BCUT2D eigenvalue weighted by Gasteiger charge is 2.25. The molecular formula is C20H19ClFN3O3. The van der Waals surface area contributed by atoms with Crippen molar-refractivity contribution < 1.29 is 18.4 Å². The molecule has 1 amide bonds. The molecule has 0 unspecified atom stereocenters. The Kier molecular flexibility index (Phi) is 6.26. The maximum Gasteiger partial charge on any atom is 0.263 e. The van der Waals surface area contributed by atoms with Crippen molar-refractivity contribution in [3.05, 3.63) is 65.3 Å². The topological polar surface area (TPSA) is 68.5 Å². The monoisotopic (exact) mass is 403 g/mol. The van der Waals surface area contributed by atoms with E-state index in [0.717, 1.165) is 5.56 Å². The molecule has 0 aliphatic carbocycles. The van der Waals surface area contributed by atoms with Gasteiger partial charge in [-0.1, -0.05) is 35.8 Å². The molecule has 146 valence electrons. The van der Waals surface area contributed by atoms with Gasteiger partial charge in [-0.3, -0.25) is 4.79 Å². The summed E-state index contributed by atoms with van der Waals surface area (Å²) in [6.45, 7) is 1.90. The summed E-state index contributed by atoms with van der Waals surface area (Å²) in [5, 5.41) is 4.53. The van der Waals surface area contributed by atoms with Crippen LogP contribution in [-0.4, -0.2) is 34.1 Å². The van der Waals surface area contributed by atoms with Gasteiger partial charge in [0.05, 0.1) is 6.54 Å². The minimum absolute atomic E-state index is 0.0407. The summed E-state index contributed by atoms with van der Waals surface area (Å²) in [6.07, 6.45) is -0.433. The van der Waals surface area contributed by atoms with Gasteiger partial charge in [-0.05, 0) is 42.8 Å². The molecule has 3 rings (SSSR count). The third-order valence-electron chi connectivity index (χ3n) is 4.07. The third kappa shape index (κ3) is 4.67. The van der Waals surface area contributed by atoms with E-state index in [1.165, 1.54) is 17.0 Å². The van der Waals surface area contributed by atoms with Crippen LogP contribution in [0.25, 0.3) is 11.4 Å². The number of nitrogens with zero attached hydrogens (tertiary/aromatic N) is 3. The molecule has 2 aromatic carbocycles. The predicted octanol–water partition coefficient (Wildman–Crippen LogP) is 4.35. The maximum absolute atomic E-state index is 13.8. The van der Waals surface area contributed by atoms with Crippen molar-refractivity contribution in [2.24, 2.45) is 0 Å². The van der Waals surface area contributed by atoms with Crippen LogP contribution in [0.5, 0.6) is 5.75 Å². The van der Waals surface area contributed by atoms with E-state index in [1.807, 2.05) is 0 Å². The highest BCUT2D eigenvalue weighted by Crippen LogP contribution is 2.21. The van der Waals surface area contributed by atoms with Gasteiger partial charge in [0.15, 0.2) is 17.7 Å². The number of hydrogen-bond acceptors (Lipinski definition) is 5. The van der Waals surface area contributed by atoms with Crippen molar-refractivity contribution in [1.82, 2.24) is 15.0 Å². The molecule has 1 atom stereocenters. The highest BCUT2D eigenvalue weighted by atomic mass is 35.5. The molecule has 0 N–H and O–H groups in total. The van der Waals surface area contributed by atoms with Gasteiger partial charge in [0, 0.05) is 17.6 Å². The van der Waals surface area contributed by atoms with Gasteiger partial charge in [-0.15, -0.1) is 0 Å². The second-order valence-corrected chi connectivity index (χ2v) is 6.59. The van der Waals surface area contributed by atoms with E-state index in [9.17, 15) is 9.18 Å². The van der Waals surface area contributed by atoms with Gasteiger partial charge in [0.2, 0.25) is 11.7 Å². The van der Waals surface area contributed by atoms with Crippen LogP contribution < -0.4 is 4.74 Å². The lowest BCUT2D eigenvalue weighted by Crippen LogP contribution is -2.39. The van der Waals surface area contributed by atoms with Crippen molar-refractivity contribution >= 4 is 17.5 Å². The lowest BCUT2D eigenvalue weighted by Gasteiger charge is -2.22. The van der Waals surface area contributed by atoms with Crippen LogP contribution in [0, 0.1) is 5.82 Å². The summed E-state index contributed by atoms with van der Waals surface area (Å²) in [4.78, 5) is 18.4. The molecule has 8 heteroatoms. The Hall–Kier alpha value is -2.93. The molecule has 0 spiro atoms. The first-order valence-corrected chi connectivity index (χ1v) is 9.10. The maximum atomic E-state index is 13.8. The number of carbonyl (C=O) groups is 1. The Labute approximate surface area is 166 Å². The summed E-state index contributed by atoms with van der Waals surface area (Å²) >= 11 is 5.88. The first-order valence-electron chi connectivity index (χ1n) is 8.72. The fourth-order valence-electron chi connectivity index (χ4n) is 2.56. The molecule has 1 aromatic heterocycles. The molecule has 0 bridgehead atoms. The van der Waals surface area contributed by atoms with Crippen LogP contribution in [0.4, 0.5) is 4.39 Å². The lowest BCUT2D eigenvalue weighted by atomic mass is 10.2. The van der Waals surface area contributed by atoms with Crippen molar-refractivity contribution in [2.75, 3.05) is 7.05 Å². The standard InChI is InChI=1S/C20H19ClFN3O3/c1-3-16(27-17-7-5-4-6-15(17)22)20(26)25(2)12-18-23-19(24-28-18)13-8-10-14(21)11-9-13/h4-11,16H,3,12H2,1-2H3/t16-/m1/s1. The molecule has 1 heterocycles. The van der Waals surface area contributed by atoms with E-state index < -0.39 is 11.9 Å². The van der Waals surface area contributed by atoms with Crippen LogP contribution in [0.15, 0.2) is 53.1 Å². The normalized spacial score (nSPS) is 11.9. The van der Waals surface area contributed by atoms with E-state index in [-0.39, 0.29) is 24.1 Å². The average Bonchev–Trinajstić information content (AvgIpc) is 3.16. The van der Waals surface area contributed by atoms with Crippen LogP contribution in [0.2, 0.25) is 5.02 Å². The average molecular weight is 404 g/mol. The van der Waals surface area contributed by atoms with E-state index in [2.05, 4.69) is 10.1 Å². The van der Waals surface area contributed by atoms with E-state index in [1.54, 1.807) is 50.4 Å². The number of amides is 1. The number of aromatic nitrogens is 2. The second-order valence-electron chi connectivity index (χ2n) is 6.16. The van der Waals surface area contributed by atoms with E-state index in [4.69, 9.17) is 20.9 Å². The summed E-state index contributed by atoms with van der Waals surface area (Å²) < 4.78 is 24.6. The number of halogens is 2. The molecule has 0 fully saturated rings. The Bertz CT molecular complexity index is 946. The second kappa shape index (κ2) is 8.84. The van der Waals surface area contributed by atoms with Crippen molar-refractivity contribution in [2.45, 2.75) is 26.0 Å². The Morgan fingerprint density at radius 1 is 1.25 bits per heavy atom. The fourth-order valence-corrected chi connectivity index (χ4v) is 2.69. The number of hydrogen-bond donors (Lipinski definition) is 0. The van der Waals surface area contributed by atoms with Crippen LogP contribution in [-0.2, 0) is 11.3 Å². The highest BCUT2D eigenvalue weighted by molar-refractivity contribution is 6.30. The SMILES string of the molecule is CC[C@@H](Oc1ccccc1F)C(=O)N(C)Cc1nc(-c2ccc(Cl)cc2)no1. The predicted molar refractivity (Wildman–Crippen MR) is 102 cm³/mol. The minimum Gasteiger partial charge on any atom is -0.478 e. The van der Waals surface area contributed by atoms with Gasteiger partial charge < -0.3 is 14.2 Å². The van der Waals surface area contributed by atoms with Gasteiger partial charge >= 0.3 is 0 Å². The Balaban J connectivity index is 1.66. The third-order valence-corrected chi connectivity index (χ3v) is 4.32. The molecule has 0 aliphatic heterocycles. The van der Waals surface area contributed by atoms with E-state index >= 15 is 0 Å². The zero-order valence-corrected chi connectivity index (χ0v) is 16.2. The smallest absolute Gasteiger partial charge is 0.263 e. The number of para-hydroxylation sites is 1. The number of likely N-dealkylation sites (N-methyl/N-ethyl adjacent to an activating group) is 1. The van der Waals surface area contributed by atoms with Crippen molar-refractivity contribution in [3.63, 3.8) is 0 Å². The molecule has 28 heavy (non-hydrogen) atoms. The number of ether oxygens (including phenoxy) is 1. The Morgan fingerprint density at radius 2 is 1.96 bits per heavy atom. The first kappa shape index (κ1) is 19.8. The molecule has 0 radical (unpaired) electrons. The molecule has 0 aliphatic rings. The van der Waals surface area contributed by atoms with Crippen LogP contribution in [0.3, 0.4) is 0 Å². The van der Waals surface area contributed by atoms with Crippen LogP contribution >= 0.6 is 11.6 Å².